The number of hydrogen-bond donors (Lipinski definition) is 1. The van der Waals surface area contributed by atoms with Gasteiger partial charge in [-0.2, -0.15) is 8.42 Å². The zero-order valence-corrected chi connectivity index (χ0v) is 13.4. The summed E-state index contributed by atoms with van der Waals surface area (Å²) in [4.78, 5) is 1.73. The van der Waals surface area contributed by atoms with E-state index >= 15 is 0 Å². The molecule has 1 atom stereocenters. The Labute approximate surface area is 132 Å². The number of likely N-dealkylation sites (N-methyl/N-ethyl adjacent to an activating group) is 1. The van der Waals surface area contributed by atoms with Gasteiger partial charge in [0.05, 0.1) is 11.4 Å². The first-order valence-corrected chi connectivity index (χ1v) is 8.96. The van der Waals surface area contributed by atoms with Crippen molar-refractivity contribution in [3.05, 3.63) is 35.0 Å². The average Bonchev–Trinajstić information content (AvgIpc) is 2.94. The summed E-state index contributed by atoms with van der Waals surface area (Å²) in [6, 6.07) is 6.14. The zero-order valence-electron chi connectivity index (χ0n) is 11.8. The molecule has 2 heterocycles. The summed E-state index contributed by atoms with van der Waals surface area (Å²) in [5.74, 6) is 1.50. The number of rotatable bonds is 4. The molecule has 1 aromatic heterocycles. The van der Waals surface area contributed by atoms with Crippen LogP contribution in [0, 0.1) is 0 Å². The van der Waals surface area contributed by atoms with Gasteiger partial charge in [-0.3, -0.25) is 4.55 Å². The lowest BCUT2D eigenvalue weighted by molar-refractivity contribution is 0.0975. The van der Waals surface area contributed by atoms with Crippen LogP contribution in [0.5, 0.6) is 11.5 Å². The predicted molar refractivity (Wildman–Crippen MR) is 83.8 cm³/mol. The van der Waals surface area contributed by atoms with Crippen LogP contribution in [-0.2, 0) is 10.1 Å². The molecule has 0 spiro atoms. The van der Waals surface area contributed by atoms with Crippen molar-refractivity contribution in [1.82, 2.24) is 0 Å². The molecule has 1 aliphatic heterocycles. The highest BCUT2D eigenvalue weighted by atomic mass is 32.2. The van der Waals surface area contributed by atoms with Crippen LogP contribution >= 0.6 is 11.3 Å². The average molecular weight is 341 g/mol. The Kier molecular flexibility index (Phi) is 3.98. The maximum Gasteiger partial charge on any atom is 0.294 e. The summed E-state index contributed by atoms with van der Waals surface area (Å²) in [5.41, 5.74) is 0.676. The third kappa shape index (κ3) is 3.18. The second-order valence-corrected chi connectivity index (χ2v) is 7.17. The van der Waals surface area contributed by atoms with E-state index in [1.54, 1.807) is 12.1 Å². The Hall–Kier alpha value is -1.77. The third-order valence-corrected chi connectivity index (χ3v) is 4.90. The van der Waals surface area contributed by atoms with Gasteiger partial charge < -0.3 is 14.4 Å². The van der Waals surface area contributed by atoms with Gasteiger partial charge in [0.15, 0.2) is 17.6 Å². The fraction of sp³-hybridized carbons (Fsp3) is 0.286. The van der Waals surface area contributed by atoms with Gasteiger partial charge in [-0.05, 0) is 18.2 Å². The summed E-state index contributed by atoms with van der Waals surface area (Å²) < 4.78 is 43.0. The van der Waals surface area contributed by atoms with Gasteiger partial charge in [-0.25, -0.2) is 0 Å². The minimum absolute atomic E-state index is 0.127. The number of thiophene rings is 1. The van der Waals surface area contributed by atoms with Crippen molar-refractivity contribution in [2.45, 2.75) is 11.0 Å². The normalized spacial score (nSPS) is 17.3. The Morgan fingerprint density at radius 2 is 2.14 bits per heavy atom. The fourth-order valence-electron chi connectivity index (χ4n) is 2.24. The highest BCUT2D eigenvalue weighted by Gasteiger charge is 2.23. The second-order valence-electron chi connectivity index (χ2n) is 5.00. The van der Waals surface area contributed by atoms with Gasteiger partial charge in [-0.15, -0.1) is 11.3 Å². The molecule has 0 aliphatic carbocycles. The number of benzene rings is 1. The van der Waals surface area contributed by atoms with Gasteiger partial charge in [0.1, 0.15) is 6.61 Å². The van der Waals surface area contributed by atoms with Gasteiger partial charge in [-0.1, -0.05) is 6.07 Å². The second kappa shape index (κ2) is 5.79. The molecular formula is C14H15NO5S2. The minimum Gasteiger partial charge on any atom is -0.485 e. The molecule has 1 N–H and O–H groups in total. The van der Waals surface area contributed by atoms with Crippen LogP contribution in [0.1, 0.15) is 0 Å². The van der Waals surface area contributed by atoms with Crippen LogP contribution in [0.2, 0.25) is 0 Å². The van der Waals surface area contributed by atoms with E-state index in [0.717, 1.165) is 11.5 Å². The molecule has 3 rings (SSSR count). The van der Waals surface area contributed by atoms with E-state index in [1.165, 1.54) is 23.5 Å². The van der Waals surface area contributed by atoms with Crippen LogP contribution in [-0.4, -0.2) is 39.3 Å². The molecular weight excluding hydrogens is 326 g/mol. The van der Waals surface area contributed by atoms with E-state index in [0.29, 0.717) is 18.8 Å². The van der Waals surface area contributed by atoms with Gasteiger partial charge in [0.25, 0.3) is 10.1 Å². The Bertz CT molecular complexity index is 771. The maximum atomic E-state index is 11.2. The van der Waals surface area contributed by atoms with Gasteiger partial charge >= 0.3 is 0 Å². The lowest BCUT2D eigenvalue weighted by atomic mass is 10.2. The number of ether oxygens (including phenoxy) is 2. The first-order valence-electron chi connectivity index (χ1n) is 6.58. The molecule has 2 aromatic rings. The highest BCUT2D eigenvalue weighted by Crippen LogP contribution is 2.35. The summed E-state index contributed by atoms with van der Waals surface area (Å²) in [6.07, 6.45) is -0.151. The molecule has 0 saturated carbocycles. The molecule has 8 heteroatoms. The molecule has 0 saturated heterocycles. The van der Waals surface area contributed by atoms with Crippen molar-refractivity contribution in [2.24, 2.45) is 0 Å². The van der Waals surface area contributed by atoms with E-state index in [4.69, 9.17) is 14.0 Å². The molecule has 1 aliphatic rings. The molecule has 6 nitrogen and oxygen atoms in total. The SMILES string of the molecule is CN(CC1COc2cscc2O1)c1cccc(S(=O)(=O)O)c1. The van der Waals surface area contributed by atoms with E-state index in [1.807, 2.05) is 22.7 Å². The first kappa shape index (κ1) is 15.1. The minimum atomic E-state index is -4.21. The standard InChI is InChI=1S/C14H15NO5S2/c1-15(10-3-2-4-12(5-10)22(16,17)18)6-11-7-19-13-8-21-9-14(13)20-11/h2-5,8-9,11H,6-7H2,1H3,(H,16,17,18). The molecule has 0 amide bonds. The third-order valence-electron chi connectivity index (χ3n) is 3.35. The van der Waals surface area contributed by atoms with Crippen LogP contribution in [0.25, 0.3) is 0 Å². The summed E-state index contributed by atoms with van der Waals surface area (Å²) in [6.45, 7) is 0.969. The van der Waals surface area contributed by atoms with E-state index in [2.05, 4.69) is 0 Å². The smallest absolute Gasteiger partial charge is 0.294 e. The quantitative estimate of drug-likeness (QED) is 0.860. The van der Waals surface area contributed by atoms with Crippen molar-refractivity contribution >= 4 is 27.1 Å². The number of anilines is 1. The van der Waals surface area contributed by atoms with Crippen LogP contribution in [0.15, 0.2) is 39.9 Å². The predicted octanol–water partition coefficient (Wildman–Crippen LogP) is 2.27. The van der Waals surface area contributed by atoms with Crippen molar-refractivity contribution in [2.75, 3.05) is 25.1 Å². The Morgan fingerprint density at radius 1 is 1.36 bits per heavy atom. The molecule has 0 radical (unpaired) electrons. The van der Waals surface area contributed by atoms with Crippen molar-refractivity contribution in [3.63, 3.8) is 0 Å². The Morgan fingerprint density at radius 3 is 2.91 bits per heavy atom. The Balaban J connectivity index is 1.71. The largest absolute Gasteiger partial charge is 0.485 e. The van der Waals surface area contributed by atoms with E-state index < -0.39 is 10.1 Å². The molecule has 1 aromatic carbocycles. The van der Waals surface area contributed by atoms with Crippen molar-refractivity contribution in [1.29, 1.82) is 0 Å². The number of fused-ring (bicyclic) bond motifs is 1. The molecule has 1 unspecified atom stereocenters. The van der Waals surface area contributed by atoms with Crippen molar-refractivity contribution < 1.29 is 22.4 Å². The summed E-state index contributed by atoms with van der Waals surface area (Å²) in [7, 11) is -2.38. The molecule has 22 heavy (non-hydrogen) atoms. The topological polar surface area (TPSA) is 76.1 Å². The fourth-order valence-corrected chi connectivity index (χ4v) is 3.43. The highest BCUT2D eigenvalue weighted by molar-refractivity contribution is 7.85. The van der Waals surface area contributed by atoms with Crippen LogP contribution in [0.3, 0.4) is 0 Å². The first-order chi connectivity index (χ1) is 10.4. The maximum absolute atomic E-state index is 11.2. The monoisotopic (exact) mass is 341 g/mol. The van der Waals surface area contributed by atoms with Crippen LogP contribution in [0.4, 0.5) is 5.69 Å². The zero-order chi connectivity index (χ0) is 15.7. The van der Waals surface area contributed by atoms with E-state index in [-0.39, 0.29) is 11.0 Å². The van der Waals surface area contributed by atoms with Crippen LogP contribution < -0.4 is 14.4 Å². The molecule has 0 fully saturated rings. The van der Waals surface area contributed by atoms with Gasteiger partial charge in [0.2, 0.25) is 0 Å². The number of nitrogens with zero attached hydrogens (tertiary/aromatic N) is 1. The summed E-state index contributed by atoms with van der Waals surface area (Å²) >= 11 is 1.52. The number of hydrogen-bond acceptors (Lipinski definition) is 6. The molecule has 118 valence electrons. The van der Waals surface area contributed by atoms with E-state index in [9.17, 15) is 8.42 Å². The molecule has 0 bridgehead atoms. The lowest BCUT2D eigenvalue weighted by Gasteiger charge is -2.29. The van der Waals surface area contributed by atoms with Crippen molar-refractivity contribution in [3.8, 4) is 11.5 Å². The van der Waals surface area contributed by atoms with Gasteiger partial charge in [0, 0.05) is 23.5 Å². The summed E-state index contributed by atoms with van der Waals surface area (Å²) in [5, 5.41) is 3.78. The lowest BCUT2D eigenvalue weighted by Crippen LogP contribution is -2.39.